The molecular formula is C25H36O3. The van der Waals surface area contributed by atoms with Gasteiger partial charge in [-0.1, -0.05) is 48.9 Å². The van der Waals surface area contributed by atoms with Gasteiger partial charge in [-0.2, -0.15) is 0 Å². The first-order valence-electron chi connectivity index (χ1n) is 11.2. The molecule has 2 saturated carbocycles. The number of benzene rings is 1. The zero-order valence-corrected chi connectivity index (χ0v) is 17.1. The molecule has 2 aliphatic rings. The topological polar surface area (TPSA) is 46.5 Å². The van der Waals surface area contributed by atoms with Gasteiger partial charge in [0.05, 0.1) is 6.61 Å². The van der Waals surface area contributed by atoms with Crippen LogP contribution in [0.25, 0.3) is 0 Å². The van der Waals surface area contributed by atoms with Crippen LogP contribution in [-0.4, -0.2) is 17.7 Å². The van der Waals surface area contributed by atoms with Crippen molar-refractivity contribution in [3.05, 3.63) is 48.0 Å². The Kier molecular flexibility index (Phi) is 8.60. The summed E-state index contributed by atoms with van der Waals surface area (Å²) in [5.41, 5.74) is 1.26. The van der Waals surface area contributed by atoms with E-state index in [2.05, 4.69) is 36.4 Å². The van der Waals surface area contributed by atoms with Gasteiger partial charge in [-0.15, -0.1) is 0 Å². The molecule has 3 rings (SSSR count). The molecule has 1 aromatic rings. The van der Waals surface area contributed by atoms with Crippen LogP contribution >= 0.6 is 0 Å². The Hall–Kier alpha value is -1.61. The SMILES string of the molecule is O=C(O)CCCC=CC[C@H]1[C@H]2CC[C@H](C2)[C@H]1CCCCOCc1ccccc1. The highest BCUT2D eigenvalue weighted by Crippen LogP contribution is 2.55. The van der Waals surface area contributed by atoms with Crippen molar-refractivity contribution in [3.8, 4) is 0 Å². The van der Waals surface area contributed by atoms with Crippen LogP contribution in [-0.2, 0) is 16.1 Å². The maximum absolute atomic E-state index is 10.6. The van der Waals surface area contributed by atoms with E-state index >= 15 is 0 Å². The quantitative estimate of drug-likeness (QED) is 0.323. The average molecular weight is 385 g/mol. The van der Waals surface area contributed by atoms with Gasteiger partial charge in [-0.25, -0.2) is 0 Å². The third-order valence-electron chi connectivity index (χ3n) is 6.80. The highest BCUT2D eigenvalue weighted by Gasteiger charge is 2.45. The number of ether oxygens (including phenoxy) is 1. The minimum Gasteiger partial charge on any atom is -0.481 e. The number of fused-ring (bicyclic) bond motifs is 2. The van der Waals surface area contributed by atoms with Crippen molar-refractivity contribution in [2.24, 2.45) is 23.7 Å². The van der Waals surface area contributed by atoms with Gasteiger partial charge in [0, 0.05) is 13.0 Å². The summed E-state index contributed by atoms with van der Waals surface area (Å²) in [6.07, 6.45) is 15.8. The predicted octanol–water partition coefficient (Wildman–Crippen LogP) is 6.24. The van der Waals surface area contributed by atoms with E-state index in [-0.39, 0.29) is 6.42 Å². The lowest BCUT2D eigenvalue weighted by Crippen LogP contribution is -2.22. The van der Waals surface area contributed by atoms with Gasteiger partial charge < -0.3 is 9.84 Å². The van der Waals surface area contributed by atoms with Gasteiger partial charge in [-0.05, 0) is 80.6 Å². The summed E-state index contributed by atoms with van der Waals surface area (Å²) in [5.74, 6) is 2.97. The van der Waals surface area contributed by atoms with E-state index in [1.807, 2.05) is 6.07 Å². The third-order valence-corrected chi connectivity index (χ3v) is 6.80. The first-order valence-corrected chi connectivity index (χ1v) is 11.2. The van der Waals surface area contributed by atoms with E-state index < -0.39 is 5.97 Å². The molecule has 0 radical (unpaired) electrons. The fourth-order valence-electron chi connectivity index (χ4n) is 5.44. The molecule has 3 heteroatoms. The summed E-state index contributed by atoms with van der Waals surface area (Å²) < 4.78 is 5.84. The summed E-state index contributed by atoms with van der Waals surface area (Å²) in [6.45, 7) is 1.59. The summed E-state index contributed by atoms with van der Waals surface area (Å²) in [7, 11) is 0. The van der Waals surface area contributed by atoms with E-state index in [9.17, 15) is 4.79 Å². The van der Waals surface area contributed by atoms with E-state index in [0.29, 0.717) is 0 Å². The minimum absolute atomic E-state index is 0.285. The molecule has 2 bridgehead atoms. The van der Waals surface area contributed by atoms with Gasteiger partial charge in [0.2, 0.25) is 0 Å². The lowest BCUT2D eigenvalue weighted by molar-refractivity contribution is -0.137. The second-order valence-corrected chi connectivity index (χ2v) is 8.69. The molecule has 2 aliphatic carbocycles. The van der Waals surface area contributed by atoms with E-state index in [0.717, 1.165) is 49.7 Å². The van der Waals surface area contributed by atoms with Gasteiger partial charge >= 0.3 is 5.97 Å². The standard InChI is InChI=1S/C25H36O3/c26-25(27)14-7-2-1-6-12-23-21-15-16-22(18-21)24(23)13-8-9-17-28-19-20-10-4-3-5-11-20/h1,3-6,10-11,21-24H,2,7-9,12-19H2,(H,26,27)/t21-,22+,23-,24+/m0/s1. The minimum atomic E-state index is -0.686. The van der Waals surface area contributed by atoms with Gasteiger partial charge in [0.25, 0.3) is 0 Å². The van der Waals surface area contributed by atoms with Crippen LogP contribution in [0.2, 0.25) is 0 Å². The molecule has 0 unspecified atom stereocenters. The number of rotatable bonds is 13. The normalized spacial score (nSPS) is 26.3. The number of carboxylic acids is 1. The third kappa shape index (κ3) is 6.48. The Morgan fingerprint density at radius 2 is 1.82 bits per heavy atom. The zero-order chi connectivity index (χ0) is 19.6. The summed E-state index contributed by atoms with van der Waals surface area (Å²) in [6, 6.07) is 10.4. The summed E-state index contributed by atoms with van der Waals surface area (Å²) in [4.78, 5) is 10.6. The maximum Gasteiger partial charge on any atom is 0.303 e. The largest absolute Gasteiger partial charge is 0.481 e. The van der Waals surface area contributed by atoms with Crippen molar-refractivity contribution in [2.45, 2.75) is 70.8 Å². The van der Waals surface area contributed by atoms with Crippen LogP contribution < -0.4 is 0 Å². The van der Waals surface area contributed by atoms with E-state index in [1.165, 1.54) is 50.5 Å². The van der Waals surface area contributed by atoms with Crippen LogP contribution in [0.1, 0.15) is 69.8 Å². The summed E-state index contributed by atoms with van der Waals surface area (Å²) >= 11 is 0. The molecule has 0 amide bonds. The van der Waals surface area contributed by atoms with Gasteiger partial charge in [0.15, 0.2) is 0 Å². The molecular weight excluding hydrogens is 348 g/mol. The molecule has 28 heavy (non-hydrogen) atoms. The van der Waals surface area contributed by atoms with Crippen molar-refractivity contribution in [2.75, 3.05) is 6.61 Å². The highest BCUT2D eigenvalue weighted by atomic mass is 16.5. The Balaban J connectivity index is 1.31. The van der Waals surface area contributed by atoms with Gasteiger partial charge in [0.1, 0.15) is 0 Å². The number of unbranched alkanes of at least 4 members (excludes halogenated alkanes) is 2. The molecule has 154 valence electrons. The Morgan fingerprint density at radius 1 is 1.04 bits per heavy atom. The lowest BCUT2D eigenvalue weighted by atomic mass is 9.75. The number of carbonyl (C=O) groups is 1. The smallest absolute Gasteiger partial charge is 0.303 e. The maximum atomic E-state index is 10.6. The monoisotopic (exact) mass is 384 g/mol. The number of allylic oxidation sites excluding steroid dienone is 2. The molecule has 1 N–H and O–H groups in total. The molecule has 0 spiro atoms. The Labute approximate surface area is 170 Å². The van der Waals surface area contributed by atoms with E-state index in [1.54, 1.807) is 0 Å². The number of aliphatic carboxylic acids is 1. The Bertz CT molecular complexity index is 609. The Morgan fingerprint density at radius 3 is 2.61 bits per heavy atom. The first-order chi connectivity index (χ1) is 13.7. The first kappa shape index (κ1) is 21.1. The fourth-order valence-corrected chi connectivity index (χ4v) is 5.44. The summed E-state index contributed by atoms with van der Waals surface area (Å²) in [5, 5.41) is 8.71. The average Bonchev–Trinajstić information content (AvgIpc) is 3.30. The van der Waals surface area contributed by atoms with Crippen LogP contribution in [0, 0.1) is 23.7 Å². The van der Waals surface area contributed by atoms with Crippen LogP contribution in [0.5, 0.6) is 0 Å². The van der Waals surface area contributed by atoms with Crippen molar-refractivity contribution >= 4 is 5.97 Å². The molecule has 1 aromatic carbocycles. The molecule has 2 fully saturated rings. The number of hydrogen-bond donors (Lipinski definition) is 1. The van der Waals surface area contributed by atoms with Crippen molar-refractivity contribution in [1.29, 1.82) is 0 Å². The number of hydrogen-bond acceptors (Lipinski definition) is 2. The molecule has 0 heterocycles. The second kappa shape index (κ2) is 11.4. The van der Waals surface area contributed by atoms with E-state index in [4.69, 9.17) is 9.84 Å². The molecule has 3 nitrogen and oxygen atoms in total. The van der Waals surface area contributed by atoms with Crippen molar-refractivity contribution < 1.29 is 14.6 Å². The second-order valence-electron chi connectivity index (χ2n) is 8.69. The fraction of sp³-hybridized carbons (Fsp3) is 0.640. The molecule has 0 saturated heterocycles. The molecule has 0 aliphatic heterocycles. The van der Waals surface area contributed by atoms with Crippen LogP contribution in [0.15, 0.2) is 42.5 Å². The van der Waals surface area contributed by atoms with Crippen LogP contribution in [0.4, 0.5) is 0 Å². The van der Waals surface area contributed by atoms with Gasteiger partial charge in [-0.3, -0.25) is 4.79 Å². The molecule has 4 atom stereocenters. The molecule has 0 aromatic heterocycles. The van der Waals surface area contributed by atoms with Crippen LogP contribution in [0.3, 0.4) is 0 Å². The van der Waals surface area contributed by atoms with Crippen molar-refractivity contribution in [3.63, 3.8) is 0 Å². The number of carboxylic acid groups (broad SMARTS) is 1. The van der Waals surface area contributed by atoms with Crippen molar-refractivity contribution in [1.82, 2.24) is 0 Å². The highest BCUT2D eigenvalue weighted by molar-refractivity contribution is 5.66. The lowest BCUT2D eigenvalue weighted by Gasteiger charge is -2.30. The predicted molar refractivity (Wildman–Crippen MR) is 113 cm³/mol. The zero-order valence-electron chi connectivity index (χ0n) is 17.1.